The van der Waals surface area contributed by atoms with E-state index in [4.69, 9.17) is 27.9 Å². The smallest absolute Gasteiger partial charge is 0.147 e. The predicted octanol–water partition coefficient (Wildman–Crippen LogP) is 4.35. The summed E-state index contributed by atoms with van der Waals surface area (Å²) >= 11 is 12.4. The first-order valence-electron chi connectivity index (χ1n) is 7.18. The molecule has 3 rings (SSSR count). The van der Waals surface area contributed by atoms with Crippen LogP contribution in [0.25, 0.3) is 0 Å². The molecule has 7 heteroatoms. The van der Waals surface area contributed by atoms with Crippen LogP contribution in [0.4, 0.5) is 0 Å². The molecule has 3 aromatic rings. The minimum absolute atomic E-state index is 0.399. The number of hydrogen-bond acceptors (Lipinski definition) is 4. The third kappa shape index (κ3) is 4.13. The summed E-state index contributed by atoms with van der Waals surface area (Å²) in [6, 6.07) is 11.5. The van der Waals surface area contributed by atoms with Gasteiger partial charge in [-0.15, -0.1) is 10.2 Å². The van der Waals surface area contributed by atoms with Gasteiger partial charge in [0.15, 0.2) is 0 Å². The standard InChI is InChI=1S/C17H14Cl2N4O/c1-12-3-2-4-13(5-12)9-24-17-14(6-15(18)7-16(17)19)8-22-23-10-20-21-11-23/h2-8,10-11H,9H2,1H3/b22-8-. The molecule has 122 valence electrons. The molecule has 0 aliphatic carbocycles. The monoisotopic (exact) mass is 360 g/mol. The highest BCUT2D eigenvalue weighted by Crippen LogP contribution is 2.32. The van der Waals surface area contributed by atoms with Gasteiger partial charge in [-0.1, -0.05) is 53.0 Å². The van der Waals surface area contributed by atoms with E-state index >= 15 is 0 Å². The fourth-order valence-corrected chi connectivity index (χ4v) is 2.73. The highest BCUT2D eigenvalue weighted by atomic mass is 35.5. The van der Waals surface area contributed by atoms with Crippen LogP contribution in [0.5, 0.6) is 5.75 Å². The van der Waals surface area contributed by atoms with E-state index in [-0.39, 0.29) is 0 Å². The van der Waals surface area contributed by atoms with Crippen molar-refractivity contribution in [3.05, 3.63) is 75.8 Å². The molecule has 0 fully saturated rings. The third-order valence-corrected chi connectivity index (χ3v) is 3.74. The van der Waals surface area contributed by atoms with E-state index in [2.05, 4.69) is 21.4 Å². The zero-order valence-corrected chi connectivity index (χ0v) is 14.4. The van der Waals surface area contributed by atoms with Crippen LogP contribution in [-0.2, 0) is 6.61 Å². The lowest BCUT2D eigenvalue weighted by molar-refractivity contribution is 0.306. The Morgan fingerprint density at radius 1 is 1.17 bits per heavy atom. The normalized spacial score (nSPS) is 11.1. The van der Waals surface area contributed by atoms with E-state index < -0.39 is 0 Å². The van der Waals surface area contributed by atoms with Crippen molar-refractivity contribution in [2.45, 2.75) is 13.5 Å². The SMILES string of the molecule is Cc1cccc(COc2c(Cl)cc(Cl)cc2/C=N\n2cnnc2)c1. The number of aromatic nitrogens is 3. The second-order valence-corrected chi connectivity index (χ2v) is 6.01. The lowest BCUT2D eigenvalue weighted by atomic mass is 10.1. The summed E-state index contributed by atoms with van der Waals surface area (Å²) in [5.41, 5.74) is 2.91. The summed E-state index contributed by atoms with van der Waals surface area (Å²) in [6.45, 7) is 2.44. The molecule has 5 nitrogen and oxygen atoms in total. The topological polar surface area (TPSA) is 52.3 Å². The lowest BCUT2D eigenvalue weighted by Gasteiger charge is -2.12. The largest absolute Gasteiger partial charge is 0.487 e. The van der Waals surface area contributed by atoms with Gasteiger partial charge in [0.2, 0.25) is 0 Å². The lowest BCUT2D eigenvalue weighted by Crippen LogP contribution is -2.00. The van der Waals surface area contributed by atoms with Crippen molar-refractivity contribution < 1.29 is 4.74 Å². The molecular weight excluding hydrogens is 347 g/mol. The Balaban J connectivity index is 1.85. The highest BCUT2D eigenvalue weighted by molar-refractivity contribution is 6.36. The number of benzene rings is 2. The average molecular weight is 361 g/mol. The van der Waals surface area contributed by atoms with Crippen molar-refractivity contribution in [3.63, 3.8) is 0 Å². The second-order valence-electron chi connectivity index (χ2n) is 5.17. The van der Waals surface area contributed by atoms with Gasteiger partial charge in [0.1, 0.15) is 25.0 Å². The molecule has 0 atom stereocenters. The first kappa shape index (κ1) is 16.5. The molecule has 24 heavy (non-hydrogen) atoms. The van der Waals surface area contributed by atoms with Gasteiger partial charge in [-0.3, -0.25) is 0 Å². The maximum Gasteiger partial charge on any atom is 0.147 e. The molecule has 0 bridgehead atoms. The Kier molecular flexibility index (Phi) is 5.13. The summed E-state index contributed by atoms with van der Waals surface area (Å²) in [6.07, 6.45) is 4.57. The van der Waals surface area contributed by atoms with Gasteiger partial charge in [0.25, 0.3) is 0 Å². The molecule has 0 saturated carbocycles. The summed E-state index contributed by atoms with van der Waals surface area (Å²) < 4.78 is 7.38. The van der Waals surface area contributed by atoms with Gasteiger partial charge in [0, 0.05) is 10.6 Å². The van der Waals surface area contributed by atoms with Crippen molar-refractivity contribution >= 4 is 29.4 Å². The maximum absolute atomic E-state index is 6.29. The van der Waals surface area contributed by atoms with E-state index in [0.717, 1.165) is 5.56 Å². The highest BCUT2D eigenvalue weighted by Gasteiger charge is 2.10. The molecule has 0 aliphatic heterocycles. The predicted molar refractivity (Wildman–Crippen MR) is 95.0 cm³/mol. The number of ether oxygens (including phenoxy) is 1. The number of nitrogens with zero attached hydrogens (tertiary/aromatic N) is 4. The van der Waals surface area contributed by atoms with Crippen LogP contribution in [0.3, 0.4) is 0 Å². The third-order valence-electron chi connectivity index (χ3n) is 3.24. The fraction of sp³-hybridized carbons (Fsp3) is 0.118. The molecule has 0 saturated heterocycles. The van der Waals surface area contributed by atoms with E-state index in [1.807, 2.05) is 25.1 Å². The van der Waals surface area contributed by atoms with Gasteiger partial charge in [-0.05, 0) is 24.6 Å². The Morgan fingerprint density at radius 3 is 2.71 bits per heavy atom. The molecule has 2 aromatic carbocycles. The molecule has 0 radical (unpaired) electrons. The Labute approximate surface area is 149 Å². The molecular formula is C17H14Cl2N4O. The number of halogens is 2. The summed E-state index contributed by atoms with van der Waals surface area (Å²) in [7, 11) is 0. The Bertz CT molecular complexity index is 863. The van der Waals surface area contributed by atoms with E-state index in [1.54, 1.807) is 18.3 Å². The number of hydrogen-bond donors (Lipinski definition) is 0. The van der Waals surface area contributed by atoms with E-state index in [1.165, 1.54) is 22.9 Å². The molecule has 1 aromatic heterocycles. The van der Waals surface area contributed by atoms with Crippen molar-refractivity contribution in [3.8, 4) is 5.75 Å². The summed E-state index contributed by atoms with van der Waals surface area (Å²) in [5.74, 6) is 0.527. The van der Waals surface area contributed by atoms with Gasteiger partial charge in [-0.25, -0.2) is 4.68 Å². The number of rotatable bonds is 5. The van der Waals surface area contributed by atoms with Crippen LogP contribution in [0.15, 0.2) is 54.2 Å². The van der Waals surface area contributed by atoms with Gasteiger partial charge in [0.05, 0.1) is 11.2 Å². The minimum Gasteiger partial charge on any atom is -0.487 e. The zero-order valence-electron chi connectivity index (χ0n) is 12.9. The first-order chi connectivity index (χ1) is 11.6. The quantitative estimate of drug-likeness (QED) is 0.635. The van der Waals surface area contributed by atoms with E-state index in [0.29, 0.717) is 28.0 Å². The molecule has 0 aliphatic rings. The Morgan fingerprint density at radius 2 is 1.96 bits per heavy atom. The fourth-order valence-electron chi connectivity index (χ4n) is 2.17. The summed E-state index contributed by atoms with van der Waals surface area (Å²) in [4.78, 5) is 0. The maximum atomic E-state index is 6.29. The van der Waals surface area contributed by atoms with Crippen molar-refractivity contribution in [2.75, 3.05) is 0 Å². The molecule has 0 amide bonds. The first-order valence-corrected chi connectivity index (χ1v) is 7.94. The van der Waals surface area contributed by atoms with Crippen molar-refractivity contribution in [1.29, 1.82) is 0 Å². The van der Waals surface area contributed by atoms with Crippen LogP contribution in [-0.4, -0.2) is 21.1 Å². The molecule has 0 spiro atoms. The zero-order chi connectivity index (χ0) is 16.9. The van der Waals surface area contributed by atoms with Crippen LogP contribution in [0, 0.1) is 6.92 Å². The van der Waals surface area contributed by atoms with E-state index in [9.17, 15) is 0 Å². The van der Waals surface area contributed by atoms with Crippen LogP contribution >= 0.6 is 23.2 Å². The minimum atomic E-state index is 0.399. The van der Waals surface area contributed by atoms with Gasteiger partial charge in [-0.2, -0.15) is 5.10 Å². The second kappa shape index (κ2) is 7.47. The Hall–Kier alpha value is -2.37. The van der Waals surface area contributed by atoms with Crippen molar-refractivity contribution in [1.82, 2.24) is 14.9 Å². The van der Waals surface area contributed by atoms with Crippen molar-refractivity contribution in [2.24, 2.45) is 5.10 Å². The molecule has 1 heterocycles. The number of aryl methyl sites for hydroxylation is 1. The molecule has 0 unspecified atom stereocenters. The van der Waals surface area contributed by atoms with Crippen LogP contribution in [0.2, 0.25) is 10.0 Å². The molecule has 0 N–H and O–H groups in total. The van der Waals surface area contributed by atoms with Gasteiger partial charge >= 0.3 is 0 Å². The van der Waals surface area contributed by atoms with Crippen LogP contribution in [0.1, 0.15) is 16.7 Å². The average Bonchev–Trinajstić information content (AvgIpc) is 3.05. The van der Waals surface area contributed by atoms with Crippen LogP contribution < -0.4 is 4.74 Å². The van der Waals surface area contributed by atoms with Gasteiger partial charge < -0.3 is 4.74 Å². The summed E-state index contributed by atoms with van der Waals surface area (Å²) in [5, 5.41) is 12.5.